The minimum atomic E-state index is -1.39. The number of carbonyl (C=O) groups excluding carboxylic acids is 5. The van der Waals surface area contributed by atoms with Crippen LogP contribution < -0.4 is 16.0 Å². The van der Waals surface area contributed by atoms with Gasteiger partial charge >= 0.3 is 0 Å². The number of aliphatic hydroxyl groups excluding tert-OH is 2. The molecule has 5 N–H and O–H groups in total. The quantitative estimate of drug-likeness (QED) is 0.228. The molecule has 3 rings (SSSR count). The van der Waals surface area contributed by atoms with Crippen LogP contribution in [0.2, 0.25) is 0 Å². The molecule has 1 aromatic carbocycles. The Kier molecular flexibility index (Phi) is 12.9. The molecular weight excluding hydrogens is 540 g/mol. The Morgan fingerprint density at radius 3 is 2.33 bits per heavy atom. The predicted molar refractivity (Wildman–Crippen MR) is 156 cm³/mol. The van der Waals surface area contributed by atoms with Gasteiger partial charge in [0, 0.05) is 19.4 Å². The number of hydrogen-bond donors (Lipinski definition) is 5. The number of Topliss-reactive ketones (excluding diaryl/α,β-unsaturated/α-hetero) is 1. The molecule has 0 unspecified atom stereocenters. The zero-order chi connectivity index (χ0) is 30.6. The van der Waals surface area contributed by atoms with Crippen molar-refractivity contribution in [1.29, 1.82) is 0 Å². The topological polar surface area (TPSA) is 165 Å². The molecule has 0 radical (unpaired) electrons. The Labute approximate surface area is 247 Å². The third-order valence-electron chi connectivity index (χ3n) is 8.37. The molecule has 2 aliphatic heterocycles. The van der Waals surface area contributed by atoms with Gasteiger partial charge in [0.25, 0.3) is 0 Å². The molecule has 1 aromatic rings. The lowest BCUT2D eigenvalue weighted by Crippen LogP contribution is -2.64. The molecule has 2 fully saturated rings. The van der Waals surface area contributed by atoms with Gasteiger partial charge in [0.2, 0.25) is 23.6 Å². The van der Waals surface area contributed by atoms with Gasteiger partial charge in [-0.3, -0.25) is 24.0 Å². The summed E-state index contributed by atoms with van der Waals surface area (Å²) in [4.78, 5) is 68.1. The molecule has 11 nitrogen and oxygen atoms in total. The van der Waals surface area contributed by atoms with Crippen LogP contribution >= 0.6 is 0 Å². The Morgan fingerprint density at radius 1 is 0.952 bits per heavy atom. The van der Waals surface area contributed by atoms with Gasteiger partial charge in [-0.2, -0.15) is 0 Å². The van der Waals surface area contributed by atoms with E-state index < -0.39 is 54.5 Å². The van der Waals surface area contributed by atoms with Crippen molar-refractivity contribution in [1.82, 2.24) is 20.9 Å². The smallest absolute Gasteiger partial charge is 0.246 e. The summed E-state index contributed by atoms with van der Waals surface area (Å²) in [6, 6.07) is 5.81. The number of nitrogens with zero attached hydrogens (tertiary/aromatic N) is 1. The SMILES string of the molecule is CC[C@H](C)[C@@H]1NC(=O)[C@H](Cc2ccccc2)NC(=O)[C@H](CCCCCC(=O)[C@H](O)CO)NC(=O)[C@@H]2CCCCN2C1=O. The Bertz CT molecular complexity index is 1080. The van der Waals surface area contributed by atoms with Gasteiger partial charge in [0.15, 0.2) is 5.78 Å². The van der Waals surface area contributed by atoms with E-state index in [-0.39, 0.29) is 37.0 Å². The van der Waals surface area contributed by atoms with Gasteiger partial charge in [-0.1, -0.05) is 63.4 Å². The van der Waals surface area contributed by atoms with Crippen molar-refractivity contribution in [2.75, 3.05) is 13.2 Å². The van der Waals surface area contributed by atoms with Gasteiger partial charge < -0.3 is 31.1 Å². The van der Waals surface area contributed by atoms with E-state index >= 15 is 0 Å². The molecular formula is C31H46N4O7. The van der Waals surface area contributed by atoms with E-state index in [0.717, 1.165) is 18.4 Å². The third-order valence-corrected chi connectivity index (χ3v) is 8.37. The summed E-state index contributed by atoms with van der Waals surface area (Å²) in [6.45, 7) is 3.62. The van der Waals surface area contributed by atoms with Crippen molar-refractivity contribution in [2.45, 2.75) is 108 Å². The van der Waals surface area contributed by atoms with Gasteiger partial charge in [0.1, 0.15) is 30.3 Å². The number of ketones is 1. The number of unbranched alkanes of at least 4 members (excludes halogenated alkanes) is 2. The number of nitrogens with one attached hydrogen (secondary N) is 3. The second-order valence-corrected chi connectivity index (χ2v) is 11.5. The molecule has 6 atom stereocenters. The first-order chi connectivity index (χ1) is 20.2. The summed E-state index contributed by atoms with van der Waals surface area (Å²) < 4.78 is 0. The fourth-order valence-electron chi connectivity index (χ4n) is 5.54. The first kappa shape index (κ1) is 33.2. The maximum Gasteiger partial charge on any atom is 0.246 e. The lowest BCUT2D eigenvalue weighted by Gasteiger charge is -2.39. The lowest BCUT2D eigenvalue weighted by atomic mass is 9.93. The molecule has 4 amide bonds. The maximum atomic E-state index is 13.8. The van der Waals surface area contributed by atoms with Gasteiger partial charge in [-0.15, -0.1) is 0 Å². The fourth-order valence-corrected chi connectivity index (χ4v) is 5.54. The van der Waals surface area contributed by atoms with E-state index in [0.29, 0.717) is 38.6 Å². The standard InChI is InChI=1S/C31H46N4O7/c1-3-20(2)27-31(42)35-17-11-10-15-24(35)30(41)32-22(14-8-5-9-16-25(37)26(38)19-36)28(39)33-23(29(40)34-27)18-21-12-6-4-7-13-21/h4,6-7,12-13,20,22-24,26-27,36,38H,3,5,8-11,14-19H2,1-2H3,(H,32,41)(H,33,39)(H,34,40)/t20-,22-,23-,24-,26+,27-/m0/s1. The van der Waals surface area contributed by atoms with Crippen LogP contribution in [0.4, 0.5) is 0 Å². The van der Waals surface area contributed by atoms with E-state index in [9.17, 15) is 29.1 Å². The van der Waals surface area contributed by atoms with Crippen LogP contribution in [0.15, 0.2) is 30.3 Å². The zero-order valence-corrected chi connectivity index (χ0v) is 24.7. The molecule has 0 aromatic heterocycles. The fraction of sp³-hybridized carbons (Fsp3) is 0.645. The first-order valence-electron chi connectivity index (χ1n) is 15.2. The molecule has 0 bridgehead atoms. The highest BCUT2D eigenvalue weighted by molar-refractivity contribution is 5.97. The second-order valence-electron chi connectivity index (χ2n) is 11.5. The number of carbonyl (C=O) groups is 5. The summed E-state index contributed by atoms with van der Waals surface area (Å²) in [6.07, 6.45) is 3.33. The minimum Gasteiger partial charge on any atom is -0.393 e. The van der Waals surface area contributed by atoms with Gasteiger partial charge in [0.05, 0.1) is 6.61 Å². The number of hydrogen-bond acceptors (Lipinski definition) is 7. The lowest BCUT2D eigenvalue weighted by molar-refractivity contribution is -0.147. The second kappa shape index (κ2) is 16.4. The molecule has 232 valence electrons. The number of benzene rings is 1. The van der Waals surface area contributed by atoms with Crippen LogP contribution in [-0.2, 0) is 30.4 Å². The average Bonchev–Trinajstić information content (AvgIpc) is 3.01. The molecule has 11 heteroatoms. The summed E-state index contributed by atoms with van der Waals surface area (Å²) in [5.74, 6) is -2.23. The van der Waals surface area contributed by atoms with Crippen LogP contribution in [0.3, 0.4) is 0 Å². The van der Waals surface area contributed by atoms with Crippen molar-refractivity contribution in [3.63, 3.8) is 0 Å². The van der Waals surface area contributed by atoms with Crippen LogP contribution in [0.1, 0.15) is 77.2 Å². The van der Waals surface area contributed by atoms with Crippen LogP contribution in [-0.4, -0.2) is 87.9 Å². The molecule has 0 spiro atoms. The Morgan fingerprint density at radius 2 is 1.64 bits per heavy atom. The highest BCUT2D eigenvalue weighted by atomic mass is 16.3. The highest BCUT2D eigenvalue weighted by Gasteiger charge is 2.40. The van der Waals surface area contributed by atoms with E-state index in [2.05, 4.69) is 16.0 Å². The summed E-state index contributed by atoms with van der Waals surface area (Å²) in [7, 11) is 0. The van der Waals surface area contributed by atoms with Crippen molar-refractivity contribution in [3.05, 3.63) is 35.9 Å². The number of piperidine rings is 1. The number of fused-ring (bicyclic) bond motifs is 1. The van der Waals surface area contributed by atoms with Crippen molar-refractivity contribution in [3.8, 4) is 0 Å². The molecule has 0 aliphatic carbocycles. The average molecular weight is 587 g/mol. The van der Waals surface area contributed by atoms with Crippen LogP contribution in [0.25, 0.3) is 0 Å². The molecule has 2 saturated heterocycles. The normalized spacial score (nSPS) is 25.2. The summed E-state index contributed by atoms with van der Waals surface area (Å²) >= 11 is 0. The molecule has 42 heavy (non-hydrogen) atoms. The Balaban J connectivity index is 1.85. The summed E-state index contributed by atoms with van der Waals surface area (Å²) in [5.41, 5.74) is 0.836. The summed E-state index contributed by atoms with van der Waals surface area (Å²) in [5, 5.41) is 27.0. The number of rotatable bonds is 12. The third kappa shape index (κ3) is 9.09. The highest BCUT2D eigenvalue weighted by Crippen LogP contribution is 2.22. The zero-order valence-electron chi connectivity index (χ0n) is 24.7. The molecule has 2 heterocycles. The maximum absolute atomic E-state index is 13.8. The molecule has 2 aliphatic rings. The first-order valence-corrected chi connectivity index (χ1v) is 15.2. The monoisotopic (exact) mass is 586 g/mol. The van der Waals surface area contributed by atoms with Crippen molar-refractivity contribution >= 4 is 29.4 Å². The minimum absolute atomic E-state index is 0.0980. The molecule has 0 saturated carbocycles. The number of aliphatic hydroxyl groups is 2. The van der Waals surface area contributed by atoms with E-state index in [1.807, 2.05) is 44.2 Å². The number of amides is 4. The van der Waals surface area contributed by atoms with Crippen LogP contribution in [0, 0.1) is 5.92 Å². The van der Waals surface area contributed by atoms with Crippen molar-refractivity contribution < 1.29 is 34.2 Å². The largest absolute Gasteiger partial charge is 0.393 e. The van der Waals surface area contributed by atoms with E-state index in [1.54, 1.807) is 4.90 Å². The van der Waals surface area contributed by atoms with Crippen molar-refractivity contribution in [2.24, 2.45) is 5.92 Å². The van der Waals surface area contributed by atoms with Gasteiger partial charge in [-0.05, 0) is 43.6 Å². The van der Waals surface area contributed by atoms with Gasteiger partial charge in [-0.25, -0.2) is 0 Å². The Hall–Kier alpha value is -3.31. The van der Waals surface area contributed by atoms with Crippen LogP contribution in [0.5, 0.6) is 0 Å². The van der Waals surface area contributed by atoms with E-state index in [1.165, 1.54) is 0 Å². The predicted octanol–water partition coefficient (Wildman–Crippen LogP) is 0.997. The van der Waals surface area contributed by atoms with E-state index in [4.69, 9.17) is 5.11 Å².